The van der Waals surface area contributed by atoms with E-state index in [0.717, 1.165) is 0 Å². The van der Waals surface area contributed by atoms with E-state index >= 15 is 0 Å². The predicted octanol–water partition coefficient (Wildman–Crippen LogP) is -5.70. The van der Waals surface area contributed by atoms with Crippen molar-refractivity contribution < 1.29 is 66.8 Å². The van der Waals surface area contributed by atoms with Gasteiger partial charge in [0.1, 0.15) is 11.6 Å². The Hall–Kier alpha value is 1.40. The molecule has 0 spiro atoms. The van der Waals surface area contributed by atoms with Crippen LogP contribution in [0.4, 0.5) is 0 Å². The van der Waals surface area contributed by atoms with Crippen LogP contribution in [0.2, 0.25) is 0 Å². The van der Waals surface area contributed by atoms with Crippen molar-refractivity contribution in [3.05, 3.63) is 9.81 Å². The number of amides is 1. The van der Waals surface area contributed by atoms with Crippen molar-refractivity contribution in [2.45, 2.75) is 0 Å². The van der Waals surface area contributed by atoms with Crippen LogP contribution in [0.25, 0.3) is 0 Å². The van der Waals surface area contributed by atoms with Crippen LogP contribution in [0.1, 0.15) is 2.85 Å². The summed E-state index contributed by atoms with van der Waals surface area (Å²) in [6.45, 7) is 0. The molecule has 2 N–H and O–H groups in total. The van der Waals surface area contributed by atoms with Crippen LogP contribution in [0.15, 0.2) is 9.81 Å². The van der Waals surface area contributed by atoms with Gasteiger partial charge in [0, 0.05) is 0 Å². The fraction of sp³-hybridized carbons (Fsp3) is 0. The molecule has 0 saturated heterocycles. The van der Waals surface area contributed by atoms with E-state index in [0.29, 0.717) is 0 Å². The maximum Gasteiger partial charge on any atom is 1.00 e. The van der Waals surface area contributed by atoms with Gasteiger partial charge >= 0.3 is 59.1 Å². The minimum Gasteiger partial charge on any atom is -1.00 e. The Morgan fingerprint density at radius 1 is 1.45 bits per heavy atom. The Kier molecular flexibility index (Phi) is 15.7. The van der Waals surface area contributed by atoms with Crippen LogP contribution >= 0.6 is 25.3 Å². The smallest absolute Gasteiger partial charge is 1.00 e. The van der Waals surface area contributed by atoms with Crippen LogP contribution in [-0.2, 0) is 4.79 Å². The van der Waals surface area contributed by atoms with Crippen LogP contribution in [-0.4, -0.2) is 5.91 Å². The zero-order valence-corrected chi connectivity index (χ0v) is 12.1. The summed E-state index contributed by atoms with van der Waals surface area (Å²) in [6, 6.07) is 1.55. The van der Waals surface area contributed by atoms with Gasteiger partial charge in [0.05, 0.1) is 4.24 Å². The summed E-state index contributed by atoms with van der Waals surface area (Å²) in [5.41, 5.74) is 4.51. The number of carbonyl (C=O) groups is 1. The Balaban J connectivity index is -0.0000000533. The second kappa shape index (κ2) is 9.49. The summed E-state index contributed by atoms with van der Waals surface area (Å²) in [5.74, 6) is -0.808. The molecular formula is C4H6N2Na2OS2. The van der Waals surface area contributed by atoms with Crippen molar-refractivity contribution >= 4 is 31.2 Å². The molecule has 0 aliphatic rings. The SMILES string of the molecule is N#CC(C(N)=O)=C(S)S.[H-].[H-].[Na+].[Na+]. The molecule has 0 atom stereocenters. The number of rotatable bonds is 1. The Morgan fingerprint density at radius 3 is 1.82 bits per heavy atom. The van der Waals surface area contributed by atoms with E-state index in [9.17, 15) is 4.79 Å². The molecule has 11 heavy (non-hydrogen) atoms. The van der Waals surface area contributed by atoms with Crippen molar-refractivity contribution in [1.82, 2.24) is 0 Å². The second-order valence-corrected chi connectivity index (χ2v) is 2.42. The summed E-state index contributed by atoms with van der Waals surface area (Å²) in [5, 5.41) is 8.16. The number of nitrogens with zero attached hydrogens (tertiary/aromatic N) is 1. The van der Waals surface area contributed by atoms with Crippen molar-refractivity contribution in [1.29, 1.82) is 5.26 Å². The van der Waals surface area contributed by atoms with Crippen LogP contribution in [0.5, 0.6) is 0 Å². The maximum absolute atomic E-state index is 10.2. The molecule has 1 amide bonds. The first-order chi connectivity index (χ1) is 4.09. The number of nitriles is 1. The van der Waals surface area contributed by atoms with Gasteiger partial charge in [-0.2, -0.15) is 5.26 Å². The Morgan fingerprint density at radius 2 is 1.82 bits per heavy atom. The van der Waals surface area contributed by atoms with E-state index in [2.05, 4.69) is 25.3 Å². The molecule has 52 valence electrons. The fourth-order valence-corrected chi connectivity index (χ4v) is 0.536. The summed E-state index contributed by atoms with van der Waals surface area (Å²) in [4.78, 5) is 10.2. The number of thiol groups is 2. The van der Waals surface area contributed by atoms with Gasteiger partial charge in [-0.05, 0) is 0 Å². The van der Waals surface area contributed by atoms with Crippen molar-refractivity contribution in [2.75, 3.05) is 0 Å². The molecule has 0 heterocycles. The quantitative estimate of drug-likeness (QED) is 0.174. The van der Waals surface area contributed by atoms with Crippen molar-refractivity contribution in [3.8, 4) is 6.07 Å². The molecule has 0 aromatic heterocycles. The van der Waals surface area contributed by atoms with Gasteiger partial charge in [0.15, 0.2) is 0 Å². The maximum atomic E-state index is 10.2. The second-order valence-electron chi connectivity index (χ2n) is 1.17. The molecule has 0 aromatic rings. The van der Waals surface area contributed by atoms with Crippen LogP contribution in [0, 0.1) is 11.3 Å². The fourth-order valence-electron chi connectivity index (χ4n) is 0.215. The first kappa shape index (κ1) is 18.2. The van der Waals surface area contributed by atoms with E-state index in [4.69, 9.17) is 11.0 Å². The number of carbonyl (C=O) groups excluding carboxylic acids is 1. The van der Waals surface area contributed by atoms with Gasteiger partial charge in [0.2, 0.25) is 0 Å². The summed E-state index contributed by atoms with van der Waals surface area (Å²) >= 11 is 7.27. The topological polar surface area (TPSA) is 66.9 Å². The molecule has 0 saturated carbocycles. The molecule has 0 radical (unpaired) electrons. The number of hydrogen-bond donors (Lipinski definition) is 3. The van der Waals surface area contributed by atoms with Crippen LogP contribution < -0.4 is 64.8 Å². The van der Waals surface area contributed by atoms with E-state index < -0.39 is 5.91 Å². The van der Waals surface area contributed by atoms with Gasteiger partial charge in [-0.3, -0.25) is 4.79 Å². The largest absolute Gasteiger partial charge is 1.00 e. The Bertz CT molecular complexity index is 215. The van der Waals surface area contributed by atoms with Gasteiger partial charge in [0.25, 0.3) is 5.91 Å². The van der Waals surface area contributed by atoms with Gasteiger partial charge < -0.3 is 8.59 Å². The monoisotopic (exact) mass is 208 g/mol. The normalized spacial score (nSPS) is 6.27. The number of primary amides is 1. The standard InChI is InChI=1S/C4H4N2OS2.2Na.2H/c5-1-2(3(6)7)4(8)9;;;;/h8-9H,(H2,6,7);;;;/q;2*+1;2*-1. The van der Waals surface area contributed by atoms with Crippen molar-refractivity contribution in [2.24, 2.45) is 5.73 Å². The molecule has 0 bridgehead atoms. The third kappa shape index (κ3) is 7.75. The first-order valence-electron chi connectivity index (χ1n) is 1.91. The molecule has 3 nitrogen and oxygen atoms in total. The predicted molar refractivity (Wildman–Crippen MR) is 42.0 cm³/mol. The molecule has 7 heteroatoms. The van der Waals surface area contributed by atoms with Gasteiger partial charge in [-0.25, -0.2) is 0 Å². The van der Waals surface area contributed by atoms with E-state index in [1.54, 1.807) is 6.07 Å². The zero-order chi connectivity index (χ0) is 7.44. The summed E-state index contributed by atoms with van der Waals surface area (Å²) in [7, 11) is 0. The van der Waals surface area contributed by atoms with E-state index in [-0.39, 0.29) is 71.8 Å². The summed E-state index contributed by atoms with van der Waals surface area (Å²) < 4.78 is 0.0463. The first-order valence-corrected chi connectivity index (χ1v) is 2.81. The third-order valence-electron chi connectivity index (χ3n) is 0.582. The van der Waals surface area contributed by atoms with Gasteiger partial charge in [-0.15, -0.1) is 25.3 Å². The average Bonchev–Trinajstić information content (AvgIpc) is 1.64. The summed E-state index contributed by atoms with van der Waals surface area (Å²) in [6.07, 6.45) is 0. The number of nitrogens with two attached hydrogens (primary N) is 1. The molecule has 0 aliphatic heterocycles. The molecule has 0 fully saturated rings. The van der Waals surface area contributed by atoms with Crippen molar-refractivity contribution in [3.63, 3.8) is 0 Å². The Labute approximate surface area is 123 Å². The molecule has 0 aliphatic carbocycles. The minimum absolute atomic E-state index is 0. The number of hydrogen-bond acceptors (Lipinski definition) is 4. The molecular weight excluding hydrogens is 202 g/mol. The van der Waals surface area contributed by atoms with Gasteiger partial charge in [-0.1, -0.05) is 0 Å². The van der Waals surface area contributed by atoms with Crippen LogP contribution in [0.3, 0.4) is 0 Å². The third-order valence-corrected chi connectivity index (χ3v) is 1.03. The zero-order valence-electron chi connectivity index (χ0n) is 8.33. The van der Waals surface area contributed by atoms with E-state index in [1.807, 2.05) is 0 Å². The molecule has 0 rings (SSSR count). The molecule has 0 unspecified atom stereocenters. The minimum atomic E-state index is -0.808. The van der Waals surface area contributed by atoms with E-state index in [1.165, 1.54) is 0 Å². The average molecular weight is 208 g/mol. The molecule has 0 aromatic carbocycles.